The summed E-state index contributed by atoms with van der Waals surface area (Å²) in [4.78, 5) is 61.6. The lowest BCUT2D eigenvalue weighted by molar-refractivity contribution is -0.156. The van der Waals surface area contributed by atoms with Crippen LogP contribution in [0.2, 0.25) is 0 Å². The Kier molecular flexibility index (Phi) is 6.39. The third-order valence-corrected chi connectivity index (χ3v) is 5.84. The quantitative estimate of drug-likeness (QED) is 0.458. The second kappa shape index (κ2) is 8.79. The second-order valence-electron chi connectivity index (χ2n) is 8.04. The van der Waals surface area contributed by atoms with Gasteiger partial charge in [-0.2, -0.15) is 0 Å². The molecule has 0 aromatic heterocycles. The van der Waals surface area contributed by atoms with Crippen LogP contribution in [-0.2, 0) is 19.1 Å². The molecule has 2 aliphatic carbocycles. The van der Waals surface area contributed by atoms with E-state index < -0.39 is 48.0 Å². The molecule has 6 amide bonds. The highest BCUT2D eigenvalue weighted by molar-refractivity contribution is 6.09. The molecule has 10 heteroatoms. The number of hydrogen-bond donors (Lipinski definition) is 3. The molecule has 1 aliphatic heterocycles. The van der Waals surface area contributed by atoms with Crippen molar-refractivity contribution in [3.8, 4) is 0 Å². The van der Waals surface area contributed by atoms with Gasteiger partial charge < -0.3 is 15.4 Å². The first-order valence-corrected chi connectivity index (χ1v) is 10.3. The predicted octanol–water partition coefficient (Wildman–Crippen LogP) is 0.941. The van der Waals surface area contributed by atoms with Crippen molar-refractivity contribution >= 4 is 29.8 Å². The molecule has 0 aromatic rings. The van der Waals surface area contributed by atoms with Crippen molar-refractivity contribution in [1.82, 2.24) is 20.9 Å². The number of carbonyl (C=O) groups is 5. The van der Waals surface area contributed by atoms with Crippen molar-refractivity contribution in [2.24, 2.45) is 0 Å². The number of rotatable bonds is 5. The summed E-state index contributed by atoms with van der Waals surface area (Å²) >= 11 is 0. The van der Waals surface area contributed by atoms with Crippen molar-refractivity contribution < 1.29 is 28.7 Å². The van der Waals surface area contributed by atoms with Crippen molar-refractivity contribution in [2.45, 2.75) is 82.4 Å². The summed E-state index contributed by atoms with van der Waals surface area (Å²) in [6.07, 6.45) is 6.52. The molecule has 1 spiro atoms. The van der Waals surface area contributed by atoms with Crippen LogP contribution in [-0.4, -0.2) is 59.0 Å². The van der Waals surface area contributed by atoms with Crippen molar-refractivity contribution in [1.29, 1.82) is 0 Å². The molecule has 1 atom stereocenters. The SMILES string of the molecule is C[C@H](OC(=O)CN1C(=O)NC2(CCCC2)C1=O)C(=O)NC(=O)NC1CCCCC1. The lowest BCUT2D eigenvalue weighted by Crippen LogP contribution is -2.49. The van der Waals surface area contributed by atoms with E-state index >= 15 is 0 Å². The maximum Gasteiger partial charge on any atom is 0.327 e. The summed E-state index contributed by atoms with van der Waals surface area (Å²) in [7, 11) is 0. The van der Waals surface area contributed by atoms with Gasteiger partial charge in [0.2, 0.25) is 0 Å². The number of imide groups is 2. The van der Waals surface area contributed by atoms with Crippen LogP contribution in [0.4, 0.5) is 9.59 Å². The lowest BCUT2D eigenvalue weighted by Gasteiger charge is -2.23. The molecular weight excluding hydrogens is 380 g/mol. The normalized spacial score (nSPS) is 22.3. The summed E-state index contributed by atoms with van der Waals surface area (Å²) in [5.41, 5.74) is -0.905. The molecule has 1 saturated heterocycles. The van der Waals surface area contributed by atoms with Crippen LogP contribution in [0.15, 0.2) is 0 Å². The maximum atomic E-state index is 12.5. The van der Waals surface area contributed by atoms with Crippen LogP contribution in [0, 0.1) is 0 Å². The van der Waals surface area contributed by atoms with Gasteiger partial charge in [0.05, 0.1) is 0 Å². The van der Waals surface area contributed by atoms with Crippen molar-refractivity contribution in [2.75, 3.05) is 6.54 Å². The molecule has 0 radical (unpaired) electrons. The van der Waals surface area contributed by atoms with E-state index in [4.69, 9.17) is 4.74 Å². The van der Waals surface area contributed by atoms with Crippen molar-refractivity contribution in [3.63, 3.8) is 0 Å². The molecule has 0 bridgehead atoms. The van der Waals surface area contributed by atoms with E-state index in [1.807, 2.05) is 0 Å². The number of nitrogens with zero attached hydrogens (tertiary/aromatic N) is 1. The fourth-order valence-electron chi connectivity index (χ4n) is 4.24. The van der Waals surface area contributed by atoms with E-state index in [0.29, 0.717) is 12.8 Å². The van der Waals surface area contributed by atoms with Gasteiger partial charge in [-0.25, -0.2) is 9.59 Å². The van der Waals surface area contributed by atoms with Crippen molar-refractivity contribution in [3.05, 3.63) is 0 Å². The van der Waals surface area contributed by atoms with Gasteiger partial charge in [0.1, 0.15) is 12.1 Å². The number of esters is 1. The summed E-state index contributed by atoms with van der Waals surface area (Å²) in [5, 5.41) is 7.57. The largest absolute Gasteiger partial charge is 0.451 e. The molecule has 0 aromatic carbocycles. The highest BCUT2D eigenvalue weighted by atomic mass is 16.5. The number of ether oxygens (including phenoxy) is 1. The molecule has 2 saturated carbocycles. The van der Waals surface area contributed by atoms with Gasteiger partial charge in [-0.15, -0.1) is 0 Å². The van der Waals surface area contributed by atoms with E-state index in [0.717, 1.165) is 49.8 Å². The molecule has 3 rings (SSSR count). The molecule has 29 heavy (non-hydrogen) atoms. The maximum absolute atomic E-state index is 12.5. The molecule has 3 fully saturated rings. The Morgan fingerprint density at radius 2 is 1.79 bits per heavy atom. The summed E-state index contributed by atoms with van der Waals surface area (Å²) < 4.78 is 5.01. The smallest absolute Gasteiger partial charge is 0.327 e. The molecular formula is C19H28N4O6. The predicted molar refractivity (Wildman–Crippen MR) is 101 cm³/mol. The van der Waals surface area contributed by atoms with Gasteiger partial charge in [-0.3, -0.25) is 24.6 Å². The minimum atomic E-state index is -1.24. The number of carbonyl (C=O) groups excluding carboxylic acids is 5. The van der Waals surface area contributed by atoms with Gasteiger partial charge in [-0.05, 0) is 32.6 Å². The number of nitrogens with one attached hydrogen (secondary N) is 3. The first kappa shape index (κ1) is 21.1. The number of hydrogen-bond acceptors (Lipinski definition) is 6. The highest BCUT2D eigenvalue weighted by Gasteiger charge is 2.52. The third kappa shape index (κ3) is 4.86. The Hall–Kier alpha value is -2.65. The Bertz CT molecular complexity index is 697. The minimum absolute atomic E-state index is 0.0389. The Morgan fingerprint density at radius 1 is 1.14 bits per heavy atom. The summed E-state index contributed by atoms with van der Waals surface area (Å²) in [5.74, 6) is -2.09. The van der Waals surface area contributed by atoms with Gasteiger partial charge in [-0.1, -0.05) is 32.1 Å². The van der Waals surface area contributed by atoms with Crippen LogP contribution >= 0.6 is 0 Å². The fraction of sp³-hybridized carbons (Fsp3) is 0.737. The summed E-state index contributed by atoms with van der Waals surface area (Å²) in [6.45, 7) is 0.754. The van der Waals surface area contributed by atoms with Gasteiger partial charge in [0.25, 0.3) is 11.8 Å². The standard InChI is InChI=1S/C19H28N4O6/c1-12(15(25)21-17(27)20-13-7-3-2-4-8-13)29-14(24)11-23-16(26)19(22-18(23)28)9-5-6-10-19/h12-13H,2-11H2,1H3,(H,22,28)(H2,20,21,25,27)/t12-/m0/s1. The van der Waals surface area contributed by atoms with Gasteiger partial charge in [0, 0.05) is 6.04 Å². The lowest BCUT2D eigenvalue weighted by atomic mass is 9.96. The second-order valence-corrected chi connectivity index (χ2v) is 8.04. The van der Waals surface area contributed by atoms with Crippen LogP contribution < -0.4 is 16.0 Å². The van der Waals surface area contributed by atoms with E-state index in [2.05, 4.69) is 16.0 Å². The van der Waals surface area contributed by atoms with E-state index in [9.17, 15) is 24.0 Å². The molecule has 160 valence electrons. The number of amides is 6. The molecule has 3 aliphatic rings. The average molecular weight is 408 g/mol. The minimum Gasteiger partial charge on any atom is -0.451 e. The monoisotopic (exact) mass is 408 g/mol. The van der Waals surface area contributed by atoms with E-state index in [-0.39, 0.29) is 6.04 Å². The highest BCUT2D eigenvalue weighted by Crippen LogP contribution is 2.34. The molecule has 3 N–H and O–H groups in total. The van der Waals surface area contributed by atoms with Gasteiger partial charge in [0.15, 0.2) is 6.10 Å². The fourth-order valence-corrected chi connectivity index (χ4v) is 4.24. The molecule has 0 unspecified atom stereocenters. The molecule has 10 nitrogen and oxygen atoms in total. The van der Waals surface area contributed by atoms with Crippen LogP contribution in [0.25, 0.3) is 0 Å². The Balaban J connectivity index is 1.44. The zero-order chi connectivity index (χ0) is 21.0. The zero-order valence-corrected chi connectivity index (χ0v) is 16.6. The Labute approximate surface area is 169 Å². The van der Waals surface area contributed by atoms with Crippen LogP contribution in [0.5, 0.6) is 0 Å². The first-order chi connectivity index (χ1) is 13.8. The molecule has 1 heterocycles. The van der Waals surface area contributed by atoms with Crippen LogP contribution in [0.3, 0.4) is 0 Å². The zero-order valence-electron chi connectivity index (χ0n) is 16.6. The summed E-state index contributed by atoms with van der Waals surface area (Å²) in [6, 6.07) is -1.21. The van der Waals surface area contributed by atoms with Gasteiger partial charge >= 0.3 is 18.0 Å². The van der Waals surface area contributed by atoms with E-state index in [1.54, 1.807) is 0 Å². The first-order valence-electron chi connectivity index (χ1n) is 10.3. The number of urea groups is 2. The average Bonchev–Trinajstić information content (AvgIpc) is 3.23. The Morgan fingerprint density at radius 3 is 2.45 bits per heavy atom. The van der Waals surface area contributed by atoms with Crippen LogP contribution in [0.1, 0.15) is 64.7 Å². The van der Waals surface area contributed by atoms with E-state index in [1.165, 1.54) is 6.92 Å². The topological polar surface area (TPSA) is 134 Å². The third-order valence-electron chi connectivity index (χ3n) is 5.84.